The van der Waals surface area contributed by atoms with Crippen molar-refractivity contribution in [3.8, 4) is 0 Å². The summed E-state index contributed by atoms with van der Waals surface area (Å²) in [4.78, 5) is 11.8. The van der Waals surface area contributed by atoms with Crippen molar-refractivity contribution in [2.24, 2.45) is 0 Å². The molecule has 90 valence electrons. The van der Waals surface area contributed by atoms with Crippen molar-refractivity contribution in [2.45, 2.75) is 64.1 Å². The summed E-state index contributed by atoms with van der Waals surface area (Å²) in [6.07, 6.45) is 7.67. The van der Waals surface area contributed by atoms with Crippen LogP contribution in [0.1, 0.15) is 46.0 Å². The first kappa shape index (κ1) is 11.6. The second-order valence-electron chi connectivity index (χ2n) is 5.08. The Labute approximate surface area is 97.7 Å². The molecule has 0 spiro atoms. The molecule has 0 radical (unpaired) electrons. The molecule has 2 bridgehead atoms. The minimum Gasteiger partial charge on any atom is -0.349 e. The minimum atomic E-state index is 0.119. The molecule has 0 aromatic heterocycles. The van der Waals surface area contributed by atoms with Gasteiger partial charge in [0.2, 0.25) is 5.91 Å². The first-order chi connectivity index (χ1) is 7.69. The highest BCUT2D eigenvalue weighted by Crippen LogP contribution is 2.26. The lowest BCUT2D eigenvalue weighted by atomic mass is 9.99. The van der Waals surface area contributed by atoms with E-state index in [1.165, 1.54) is 12.8 Å². The van der Waals surface area contributed by atoms with Gasteiger partial charge in [0, 0.05) is 23.7 Å². The van der Waals surface area contributed by atoms with E-state index in [-0.39, 0.29) is 5.91 Å². The van der Waals surface area contributed by atoms with Crippen LogP contribution in [0.15, 0.2) is 11.6 Å². The van der Waals surface area contributed by atoms with Crippen LogP contribution in [0.2, 0.25) is 0 Å². The molecule has 0 aromatic carbocycles. The van der Waals surface area contributed by atoms with Crippen molar-refractivity contribution >= 4 is 5.91 Å². The molecule has 2 atom stereocenters. The largest absolute Gasteiger partial charge is 0.349 e. The van der Waals surface area contributed by atoms with Gasteiger partial charge in [-0.1, -0.05) is 13.0 Å². The molecule has 2 aliphatic rings. The van der Waals surface area contributed by atoms with Gasteiger partial charge in [-0.25, -0.2) is 0 Å². The molecule has 2 aliphatic heterocycles. The number of carbonyl (C=O) groups excluding carboxylic acids is 1. The second kappa shape index (κ2) is 5.00. The van der Waals surface area contributed by atoms with Crippen LogP contribution in [-0.4, -0.2) is 24.0 Å². The number of allylic oxidation sites excluding steroid dienone is 1. The molecule has 2 N–H and O–H groups in total. The second-order valence-corrected chi connectivity index (χ2v) is 5.08. The van der Waals surface area contributed by atoms with Gasteiger partial charge in [0.15, 0.2) is 0 Å². The summed E-state index contributed by atoms with van der Waals surface area (Å²) in [6.45, 7) is 3.95. The third-order valence-electron chi connectivity index (χ3n) is 3.68. The molecule has 2 unspecified atom stereocenters. The van der Waals surface area contributed by atoms with Crippen LogP contribution in [0.3, 0.4) is 0 Å². The van der Waals surface area contributed by atoms with Crippen LogP contribution in [-0.2, 0) is 4.79 Å². The number of carbonyl (C=O) groups is 1. The van der Waals surface area contributed by atoms with E-state index in [1.807, 2.05) is 13.0 Å². The van der Waals surface area contributed by atoms with Gasteiger partial charge in [-0.3, -0.25) is 4.79 Å². The van der Waals surface area contributed by atoms with Crippen molar-refractivity contribution in [1.29, 1.82) is 0 Å². The fourth-order valence-corrected chi connectivity index (χ4v) is 2.87. The quantitative estimate of drug-likeness (QED) is 0.714. The third-order valence-corrected chi connectivity index (χ3v) is 3.68. The zero-order chi connectivity index (χ0) is 11.5. The van der Waals surface area contributed by atoms with Crippen molar-refractivity contribution < 1.29 is 4.79 Å². The predicted molar refractivity (Wildman–Crippen MR) is 65.2 cm³/mol. The molecular formula is C13H22N2O. The normalized spacial score (nSPS) is 33.9. The predicted octanol–water partition coefficient (Wildman–Crippen LogP) is 1.74. The van der Waals surface area contributed by atoms with Crippen molar-refractivity contribution in [2.75, 3.05) is 0 Å². The Morgan fingerprint density at radius 3 is 2.56 bits per heavy atom. The molecule has 3 heteroatoms. The first-order valence-corrected chi connectivity index (χ1v) is 6.42. The Kier molecular flexibility index (Phi) is 3.64. The Balaban J connectivity index is 1.86. The van der Waals surface area contributed by atoms with Crippen LogP contribution in [0, 0.1) is 0 Å². The number of rotatable bonds is 3. The van der Waals surface area contributed by atoms with E-state index >= 15 is 0 Å². The molecule has 3 nitrogen and oxygen atoms in total. The molecular weight excluding hydrogens is 200 g/mol. The van der Waals surface area contributed by atoms with Crippen LogP contribution in [0.5, 0.6) is 0 Å². The van der Waals surface area contributed by atoms with Gasteiger partial charge in [-0.15, -0.1) is 0 Å². The number of fused-ring (bicyclic) bond motifs is 2. The van der Waals surface area contributed by atoms with Gasteiger partial charge >= 0.3 is 0 Å². The molecule has 2 rings (SSSR count). The minimum absolute atomic E-state index is 0.119. The molecule has 2 fully saturated rings. The maximum atomic E-state index is 11.8. The molecule has 0 aromatic rings. The number of amides is 1. The van der Waals surface area contributed by atoms with Gasteiger partial charge in [-0.05, 0) is 39.0 Å². The Morgan fingerprint density at radius 1 is 1.38 bits per heavy atom. The highest BCUT2D eigenvalue weighted by Gasteiger charge is 2.33. The average Bonchev–Trinajstić information content (AvgIpc) is 2.58. The van der Waals surface area contributed by atoms with Crippen molar-refractivity contribution in [3.63, 3.8) is 0 Å². The zero-order valence-electron chi connectivity index (χ0n) is 10.3. The van der Waals surface area contributed by atoms with E-state index in [1.54, 1.807) is 0 Å². The van der Waals surface area contributed by atoms with Crippen LogP contribution >= 0.6 is 0 Å². The Hall–Kier alpha value is -0.830. The summed E-state index contributed by atoms with van der Waals surface area (Å²) in [7, 11) is 0. The average molecular weight is 222 g/mol. The lowest BCUT2D eigenvalue weighted by Crippen LogP contribution is -2.48. The monoisotopic (exact) mass is 222 g/mol. The van der Waals surface area contributed by atoms with E-state index in [9.17, 15) is 4.79 Å². The molecule has 0 saturated carbocycles. The topological polar surface area (TPSA) is 41.1 Å². The number of nitrogens with one attached hydrogen (secondary N) is 2. The highest BCUT2D eigenvalue weighted by atomic mass is 16.1. The fraction of sp³-hybridized carbons (Fsp3) is 0.769. The molecule has 2 heterocycles. The lowest BCUT2D eigenvalue weighted by molar-refractivity contribution is -0.118. The van der Waals surface area contributed by atoms with Gasteiger partial charge in [0.05, 0.1) is 0 Å². The summed E-state index contributed by atoms with van der Waals surface area (Å²) >= 11 is 0. The summed E-state index contributed by atoms with van der Waals surface area (Å²) in [5, 5.41) is 6.74. The Morgan fingerprint density at radius 2 is 2.00 bits per heavy atom. The van der Waals surface area contributed by atoms with E-state index in [0.717, 1.165) is 24.8 Å². The zero-order valence-corrected chi connectivity index (χ0v) is 10.3. The van der Waals surface area contributed by atoms with E-state index in [4.69, 9.17) is 0 Å². The molecule has 2 saturated heterocycles. The highest BCUT2D eigenvalue weighted by molar-refractivity contribution is 5.92. The maximum absolute atomic E-state index is 11.8. The number of hydrogen-bond acceptors (Lipinski definition) is 2. The van der Waals surface area contributed by atoms with Crippen molar-refractivity contribution in [3.05, 3.63) is 11.6 Å². The summed E-state index contributed by atoms with van der Waals surface area (Å²) < 4.78 is 0. The van der Waals surface area contributed by atoms with Gasteiger partial charge in [0.1, 0.15) is 0 Å². The van der Waals surface area contributed by atoms with E-state index in [2.05, 4.69) is 17.6 Å². The number of piperidine rings is 1. The fourth-order valence-electron chi connectivity index (χ4n) is 2.87. The molecule has 1 amide bonds. The standard InChI is InChI=1S/C13H22N2O/c1-3-4-9(2)13(16)15-12-7-10-5-6-11(8-12)14-10/h4,10-12,14H,3,5-8H2,1-2H3,(H,15,16)/b9-4-. The number of hydrogen-bond donors (Lipinski definition) is 2. The SMILES string of the molecule is CC/C=C(/C)C(=O)NC1CC2CCC(C1)N2. The van der Waals surface area contributed by atoms with Crippen LogP contribution in [0.4, 0.5) is 0 Å². The van der Waals surface area contributed by atoms with Crippen molar-refractivity contribution in [1.82, 2.24) is 10.6 Å². The Bertz CT molecular complexity index is 286. The lowest BCUT2D eigenvalue weighted by Gasteiger charge is -2.29. The van der Waals surface area contributed by atoms with E-state index < -0.39 is 0 Å². The summed E-state index contributed by atoms with van der Waals surface area (Å²) in [6, 6.07) is 1.66. The summed E-state index contributed by atoms with van der Waals surface area (Å²) in [5.41, 5.74) is 0.855. The first-order valence-electron chi connectivity index (χ1n) is 6.42. The van der Waals surface area contributed by atoms with Gasteiger partial charge < -0.3 is 10.6 Å². The van der Waals surface area contributed by atoms with Gasteiger partial charge in [-0.2, -0.15) is 0 Å². The van der Waals surface area contributed by atoms with Crippen LogP contribution in [0.25, 0.3) is 0 Å². The molecule has 16 heavy (non-hydrogen) atoms. The van der Waals surface area contributed by atoms with E-state index in [0.29, 0.717) is 18.1 Å². The third kappa shape index (κ3) is 2.64. The smallest absolute Gasteiger partial charge is 0.246 e. The van der Waals surface area contributed by atoms with Crippen LogP contribution < -0.4 is 10.6 Å². The maximum Gasteiger partial charge on any atom is 0.246 e. The molecule has 0 aliphatic carbocycles. The van der Waals surface area contributed by atoms with Gasteiger partial charge in [0.25, 0.3) is 0 Å². The summed E-state index contributed by atoms with van der Waals surface area (Å²) in [5.74, 6) is 0.119.